The summed E-state index contributed by atoms with van der Waals surface area (Å²) in [6.45, 7) is 5.86. The third kappa shape index (κ3) is 5.07. The third-order valence-electron chi connectivity index (χ3n) is 4.56. The van der Waals surface area contributed by atoms with Crippen LogP contribution in [0.3, 0.4) is 0 Å². The molecule has 0 spiro atoms. The Balaban J connectivity index is 1.82. The van der Waals surface area contributed by atoms with Crippen LogP contribution in [0.1, 0.15) is 34.6 Å². The number of thiophene rings is 1. The van der Waals surface area contributed by atoms with Crippen LogP contribution in [0.25, 0.3) is 11.1 Å². The van der Waals surface area contributed by atoms with Gasteiger partial charge in [-0.2, -0.15) is 0 Å². The summed E-state index contributed by atoms with van der Waals surface area (Å²) >= 11 is 1.36. The molecule has 0 aliphatic heterocycles. The van der Waals surface area contributed by atoms with E-state index in [0.717, 1.165) is 28.0 Å². The normalized spacial score (nSPS) is 10.5. The van der Waals surface area contributed by atoms with E-state index in [4.69, 9.17) is 9.47 Å². The molecule has 6 heteroatoms. The number of esters is 1. The predicted octanol–water partition coefficient (Wildman–Crippen LogP) is 5.48. The molecule has 0 aliphatic rings. The second kappa shape index (κ2) is 10.1. The molecule has 3 aromatic rings. The fraction of sp³-hybridized carbons (Fsp3) is 0.250. The molecule has 1 amide bonds. The lowest BCUT2D eigenvalue weighted by Gasteiger charge is -2.10. The average molecular weight is 424 g/mol. The highest BCUT2D eigenvalue weighted by molar-refractivity contribution is 7.17. The minimum absolute atomic E-state index is 0.146. The first-order valence-corrected chi connectivity index (χ1v) is 10.7. The maximum Gasteiger partial charge on any atom is 0.341 e. The van der Waals surface area contributed by atoms with Gasteiger partial charge in [-0.05, 0) is 43.5 Å². The number of hydrogen-bond acceptors (Lipinski definition) is 5. The number of anilines is 1. The summed E-state index contributed by atoms with van der Waals surface area (Å²) in [7, 11) is 0. The molecule has 2 aromatic carbocycles. The van der Waals surface area contributed by atoms with Crippen LogP contribution < -0.4 is 10.1 Å². The number of carbonyl (C=O) groups excluding carboxylic acids is 2. The fourth-order valence-corrected chi connectivity index (χ4v) is 4.23. The summed E-state index contributed by atoms with van der Waals surface area (Å²) in [6, 6.07) is 17.3. The first kappa shape index (κ1) is 21.6. The van der Waals surface area contributed by atoms with Crippen molar-refractivity contribution in [3.05, 3.63) is 70.6 Å². The number of carbonyl (C=O) groups is 2. The highest BCUT2D eigenvalue weighted by atomic mass is 32.1. The van der Waals surface area contributed by atoms with Crippen molar-refractivity contribution in [3.8, 4) is 16.9 Å². The van der Waals surface area contributed by atoms with E-state index in [1.807, 2.05) is 61.5 Å². The Morgan fingerprint density at radius 2 is 1.80 bits per heavy atom. The summed E-state index contributed by atoms with van der Waals surface area (Å²) < 4.78 is 10.9. The topological polar surface area (TPSA) is 64.6 Å². The lowest BCUT2D eigenvalue weighted by Crippen LogP contribution is -2.21. The third-order valence-corrected chi connectivity index (χ3v) is 5.58. The van der Waals surface area contributed by atoms with Gasteiger partial charge in [0.05, 0.1) is 6.61 Å². The lowest BCUT2D eigenvalue weighted by atomic mass is 10.0. The maximum absolute atomic E-state index is 12.7. The zero-order chi connectivity index (χ0) is 21.5. The van der Waals surface area contributed by atoms with Crippen molar-refractivity contribution in [2.45, 2.75) is 27.2 Å². The number of benzene rings is 2. The second-order valence-corrected chi connectivity index (χ2v) is 7.89. The molecule has 1 heterocycles. The SMILES string of the molecule is CCOC(=O)c1c(NC(=O)COc2cccc(CC)c2)sc(C)c1-c1ccccc1. The van der Waals surface area contributed by atoms with Gasteiger partial charge in [0.25, 0.3) is 5.91 Å². The molecular weight excluding hydrogens is 398 g/mol. The van der Waals surface area contributed by atoms with Crippen LogP contribution in [0.2, 0.25) is 0 Å². The van der Waals surface area contributed by atoms with Crippen molar-refractivity contribution in [1.29, 1.82) is 0 Å². The number of hydrogen-bond donors (Lipinski definition) is 1. The molecule has 0 bridgehead atoms. The van der Waals surface area contributed by atoms with Gasteiger partial charge in [0, 0.05) is 10.4 Å². The fourth-order valence-electron chi connectivity index (χ4n) is 3.15. The van der Waals surface area contributed by atoms with Crippen LogP contribution in [0.15, 0.2) is 54.6 Å². The van der Waals surface area contributed by atoms with Gasteiger partial charge in [0.15, 0.2) is 6.61 Å². The molecule has 3 rings (SSSR count). The molecule has 0 unspecified atom stereocenters. The van der Waals surface area contributed by atoms with E-state index < -0.39 is 5.97 Å². The van der Waals surface area contributed by atoms with E-state index in [1.165, 1.54) is 11.3 Å². The zero-order valence-corrected chi connectivity index (χ0v) is 18.2. The average Bonchev–Trinajstić information content (AvgIpc) is 3.08. The summed E-state index contributed by atoms with van der Waals surface area (Å²) in [4.78, 5) is 26.2. The molecule has 5 nitrogen and oxygen atoms in total. The Morgan fingerprint density at radius 1 is 1.03 bits per heavy atom. The molecule has 0 saturated heterocycles. The highest BCUT2D eigenvalue weighted by Crippen LogP contribution is 2.40. The first-order valence-electron chi connectivity index (χ1n) is 9.91. The van der Waals surface area contributed by atoms with Gasteiger partial charge >= 0.3 is 5.97 Å². The Labute approximate surface area is 180 Å². The van der Waals surface area contributed by atoms with Crippen LogP contribution in [-0.4, -0.2) is 25.1 Å². The summed E-state index contributed by atoms with van der Waals surface area (Å²) in [6.07, 6.45) is 0.892. The quantitative estimate of drug-likeness (QED) is 0.487. The molecule has 1 aromatic heterocycles. The molecule has 0 radical (unpaired) electrons. The second-order valence-electron chi connectivity index (χ2n) is 6.66. The van der Waals surface area contributed by atoms with Crippen molar-refractivity contribution >= 4 is 28.2 Å². The molecular formula is C24H25NO4S. The minimum Gasteiger partial charge on any atom is -0.484 e. The van der Waals surface area contributed by atoms with Gasteiger partial charge < -0.3 is 14.8 Å². The largest absolute Gasteiger partial charge is 0.484 e. The van der Waals surface area contributed by atoms with Gasteiger partial charge in [-0.25, -0.2) is 4.79 Å². The Bertz CT molecular complexity index is 1030. The van der Waals surface area contributed by atoms with E-state index in [-0.39, 0.29) is 19.1 Å². The number of rotatable bonds is 8. The Kier molecular flexibility index (Phi) is 7.25. The summed E-state index contributed by atoms with van der Waals surface area (Å²) in [5, 5.41) is 3.31. The molecule has 156 valence electrons. The van der Waals surface area contributed by atoms with Crippen molar-refractivity contribution in [2.24, 2.45) is 0 Å². The van der Waals surface area contributed by atoms with Crippen LogP contribution in [0, 0.1) is 6.92 Å². The van der Waals surface area contributed by atoms with Crippen molar-refractivity contribution in [2.75, 3.05) is 18.5 Å². The van der Waals surface area contributed by atoms with Gasteiger partial charge in [-0.3, -0.25) is 4.79 Å². The van der Waals surface area contributed by atoms with Crippen LogP contribution >= 0.6 is 11.3 Å². The van der Waals surface area contributed by atoms with E-state index in [1.54, 1.807) is 6.92 Å². The molecule has 0 atom stereocenters. The Morgan fingerprint density at radius 3 is 2.50 bits per heavy atom. The van der Waals surface area contributed by atoms with Gasteiger partial charge in [-0.15, -0.1) is 11.3 Å². The van der Waals surface area contributed by atoms with Crippen LogP contribution in [-0.2, 0) is 16.0 Å². The Hall–Kier alpha value is -3.12. The summed E-state index contributed by atoms with van der Waals surface area (Å²) in [5.74, 6) is -0.140. The molecule has 1 N–H and O–H groups in total. The number of aryl methyl sites for hydroxylation is 2. The minimum atomic E-state index is -0.451. The van der Waals surface area contributed by atoms with Crippen molar-refractivity contribution in [3.63, 3.8) is 0 Å². The lowest BCUT2D eigenvalue weighted by molar-refractivity contribution is -0.118. The number of amides is 1. The molecule has 0 aliphatic carbocycles. The standard InChI is InChI=1S/C24H25NO4S/c1-4-17-10-9-13-19(14-17)29-15-20(26)25-23-22(24(27)28-5-2)21(16(3)30-23)18-11-7-6-8-12-18/h6-14H,4-5,15H2,1-3H3,(H,25,26). The summed E-state index contributed by atoms with van der Waals surface area (Å²) in [5.41, 5.74) is 3.21. The number of ether oxygens (including phenoxy) is 2. The molecule has 30 heavy (non-hydrogen) atoms. The number of nitrogens with one attached hydrogen (secondary N) is 1. The van der Waals surface area contributed by atoms with E-state index in [0.29, 0.717) is 16.3 Å². The highest BCUT2D eigenvalue weighted by Gasteiger charge is 2.25. The van der Waals surface area contributed by atoms with Crippen LogP contribution in [0.5, 0.6) is 5.75 Å². The van der Waals surface area contributed by atoms with E-state index in [2.05, 4.69) is 12.2 Å². The first-order chi connectivity index (χ1) is 14.5. The van der Waals surface area contributed by atoms with Crippen LogP contribution in [0.4, 0.5) is 5.00 Å². The smallest absolute Gasteiger partial charge is 0.341 e. The predicted molar refractivity (Wildman–Crippen MR) is 120 cm³/mol. The van der Waals surface area contributed by atoms with E-state index in [9.17, 15) is 9.59 Å². The zero-order valence-electron chi connectivity index (χ0n) is 17.4. The molecule has 0 saturated carbocycles. The van der Waals surface area contributed by atoms with Gasteiger partial charge in [0.1, 0.15) is 16.3 Å². The maximum atomic E-state index is 12.7. The monoisotopic (exact) mass is 423 g/mol. The van der Waals surface area contributed by atoms with Gasteiger partial charge in [-0.1, -0.05) is 49.4 Å². The molecule has 0 fully saturated rings. The van der Waals surface area contributed by atoms with Crippen molar-refractivity contribution < 1.29 is 19.1 Å². The van der Waals surface area contributed by atoms with E-state index >= 15 is 0 Å². The van der Waals surface area contributed by atoms with Gasteiger partial charge in [0.2, 0.25) is 0 Å². The van der Waals surface area contributed by atoms with Crippen molar-refractivity contribution in [1.82, 2.24) is 0 Å².